The molecular formula is C17H15NO3S. The Labute approximate surface area is 132 Å². The largest absolute Gasteiger partial charge is 0.492 e. The minimum Gasteiger partial charge on any atom is -0.492 e. The molecule has 112 valence electrons. The first-order chi connectivity index (χ1) is 10.7. The van der Waals surface area contributed by atoms with Crippen molar-refractivity contribution in [3.05, 3.63) is 53.9 Å². The maximum atomic E-state index is 12.2. The average Bonchev–Trinajstić information content (AvgIpc) is 2.59. The Balaban J connectivity index is 1.64. The third-order valence-electron chi connectivity index (χ3n) is 3.45. The van der Waals surface area contributed by atoms with Crippen molar-refractivity contribution in [1.82, 2.24) is 4.98 Å². The summed E-state index contributed by atoms with van der Waals surface area (Å²) in [6.45, 7) is 0.663. The molecular weight excluding hydrogens is 298 g/mol. The van der Waals surface area contributed by atoms with Gasteiger partial charge in [0, 0.05) is 47.0 Å². The topological polar surface area (TPSA) is 56.3 Å². The Hall–Kier alpha value is -2.14. The first kappa shape index (κ1) is 14.8. The Morgan fingerprint density at radius 2 is 1.77 bits per heavy atom. The van der Waals surface area contributed by atoms with Gasteiger partial charge in [-0.2, -0.15) is 0 Å². The Morgan fingerprint density at radius 3 is 2.55 bits per heavy atom. The van der Waals surface area contributed by atoms with E-state index in [1.54, 1.807) is 48.4 Å². The van der Waals surface area contributed by atoms with Gasteiger partial charge in [0.25, 0.3) is 0 Å². The minimum absolute atomic E-state index is 0.0376. The van der Waals surface area contributed by atoms with Crippen molar-refractivity contribution in [2.45, 2.75) is 17.7 Å². The predicted molar refractivity (Wildman–Crippen MR) is 84.8 cm³/mol. The highest BCUT2D eigenvalue weighted by Crippen LogP contribution is 2.34. The van der Waals surface area contributed by atoms with E-state index >= 15 is 0 Å². The molecule has 1 aliphatic heterocycles. The minimum atomic E-state index is -0.0412. The molecule has 1 aromatic heterocycles. The van der Waals surface area contributed by atoms with Gasteiger partial charge in [-0.25, -0.2) is 0 Å². The van der Waals surface area contributed by atoms with Crippen LogP contribution in [0.25, 0.3) is 0 Å². The molecule has 5 heteroatoms. The van der Waals surface area contributed by atoms with E-state index in [0.717, 1.165) is 16.4 Å². The SMILES string of the molecule is O=C(CCC(=O)c1ccc2c(c1)OCCS2)c1ccncc1. The van der Waals surface area contributed by atoms with Crippen LogP contribution in [0.5, 0.6) is 5.75 Å². The number of ketones is 2. The molecule has 0 radical (unpaired) electrons. The summed E-state index contributed by atoms with van der Waals surface area (Å²) in [5.41, 5.74) is 1.19. The van der Waals surface area contributed by atoms with Gasteiger partial charge in [0.05, 0.1) is 6.61 Å². The number of aromatic nitrogens is 1. The predicted octanol–water partition coefficient (Wildman–Crippen LogP) is 3.41. The Morgan fingerprint density at radius 1 is 1.05 bits per heavy atom. The molecule has 0 unspecified atom stereocenters. The van der Waals surface area contributed by atoms with Crippen molar-refractivity contribution in [2.24, 2.45) is 0 Å². The van der Waals surface area contributed by atoms with Crippen LogP contribution in [0.2, 0.25) is 0 Å². The molecule has 0 bridgehead atoms. The summed E-state index contributed by atoms with van der Waals surface area (Å²) in [6.07, 6.45) is 3.56. The number of Topliss-reactive ketones (excluding diaryl/α,β-unsaturated/α-hetero) is 2. The lowest BCUT2D eigenvalue weighted by atomic mass is 10.0. The molecule has 0 saturated heterocycles. The van der Waals surface area contributed by atoms with Crippen LogP contribution in [-0.4, -0.2) is 28.9 Å². The van der Waals surface area contributed by atoms with Crippen LogP contribution in [0, 0.1) is 0 Å². The van der Waals surface area contributed by atoms with Crippen LogP contribution < -0.4 is 4.74 Å². The zero-order valence-corrected chi connectivity index (χ0v) is 12.8. The van der Waals surface area contributed by atoms with Gasteiger partial charge < -0.3 is 4.74 Å². The van der Waals surface area contributed by atoms with E-state index in [-0.39, 0.29) is 24.4 Å². The highest BCUT2D eigenvalue weighted by Gasteiger charge is 2.15. The van der Waals surface area contributed by atoms with Crippen LogP contribution in [0.15, 0.2) is 47.6 Å². The van der Waals surface area contributed by atoms with Gasteiger partial charge in [-0.15, -0.1) is 11.8 Å². The van der Waals surface area contributed by atoms with Crippen LogP contribution in [0.1, 0.15) is 33.6 Å². The second-order valence-corrected chi connectivity index (χ2v) is 6.08. The fraction of sp³-hybridized carbons (Fsp3) is 0.235. The third-order valence-corrected chi connectivity index (χ3v) is 4.46. The molecule has 22 heavy (non-hydrogen) atoms. The summed E-state index contributed by atoms with van der Waals surface area (Å²) in [6, 6.07) is 8.82. The molecule has 3 rings (SSSR count). The number of ether oxygens (including phenoxy) is 1. The van der Waals surface area contributed by atoms with E-state index in [1.165, 1.54) is 0 Å². The number of hydrogen-bond donors (Lipinski definition) is 0. The van der Waals surface area contributed by atoms with E-state index in [0.29, 0.717) is 17.7 Å². The lowest BCUT2D eigenvalue weighted by molar-refractivity contribution is 0.0917. The number of benzene rings is 1. The molecule has 0 aliphatic carbocycles. The fourth-order valence-corrected chi connectivity index (χ4v) is 3.08. The number of carbonyl (C=O) groups excluding carboxylic acids is 2. The number of thioether (sulfide) groups is 1. The van der Waals surface area contributed by atoms with Gasteiger partial charge in [-0.05, 0) is 24.3 Å². The van der Waals surface area contributed by atoms with Crippen molar-refractivity contribution < 1.29 is 14.3 Å². The highest BCUT2D eigenvalue weighted by molar-refractivity contribution is 7.99. The lowest BCUT2D eigenvalue weighted by Gasteiger charge is -2.17. The second-order valence-electron chi connectivity index (χ2n) is 4.94. The van der Waals surface area contributed by atoms with Gasteiger partial charge in [0.2, 0.25) is 0 Å². The number of rotatable bonds is 5. The van der Waals surface area contributed by atoms with Crippen molar-refractivity contribution in [2.75, 3.05) is 12.4 Å². The number of carbonyl (C=O) groups is 2. The maximum Gasteiger partial charge on any atom is 0.163 e. The molecule has 0 fully saturated rings. The van der Waals surface area contributed by atoms with Gasteiger partial charge in [-0.3, -0.25) is 14.6 Å². The summed E-state index contributed by atoms with van der Waals surface area (Å²) < 4.78 is 5.56. The lowest BCUT2D eigenvalue weighted by Crippen LogP contribution is -2.09. The first-order valence-electron chi connectivity index (χ1n) is 7.10. The first-order valence-corrected chi connectivity index (χ1v) is 8.09. The molecule has 0 amide bonds. The standard InChI is InChI=1S/C17H15NO3S/c19-14(12-5-7-18-8-6-12)2-3-15(20)13-1-4-17-16(11-13)21-9-10-22-17/h1,4-8,11H,2-3,9-10H2. The smallest absolute Gasteiger partial charge is 0.163 e. The molecule has 0 N–H and O–H groups in total. The van der Waals surface area contributed by atoms with Gasteiger partial charge in [0.15, 0.2) is 11.6 Å². The second kappa shape index (κ2) is 6.75. The van der Waals surface area contributed by atoms with Crippen LogP contribution in [0.4, 0.5) is 0 Å². The van der Waals surface area contributed by atoms with Gasteiger partial charge in [-0.1, -0.05) is 6.07 Å². The number of nitrogens with zero attached hydrogens (tertiary/aromatic N) is 1. The van der Waals surface area contributed by atoms with E-state index < -0.39 is 0 Å². The van der Waals surface area contributed by atoms with Crippen LogP contribution in [0.3, 0.4) is 0 Å². The summed E-state index contributed by atoms with van der Waals surface area (Å²) in [5, 5.41) is 0. The molecule has 2 heterocycles. The van der Waals surface area contributed by atoms with E-state index in [4.69, 9.17) is 4.74 Å². The summed E-state index contributed by atoms with van der Waals surface area (Å²) >= 11 is 1.73. The van der Waals surface area contributed by atoms with E-state index in [1.807, 2.05) is 6.07 Å². The van der Waals surface area contributed by atoms with E-state index in [9.17, 15) is 9.59 Å². The van der Waals surface area contributed by atoms with E-state index in [2.05, 4.69) is 4.98 Å². The quantitative estimate of drug-likeness (QED) is 0.792. The monoisotopic (exact) mass is 313 g/mol. The highest BCUT2D eigenvalue weighted by atomic mass is 32.2. The molecule has 0 spiro atoms. The molecule has 0 atom stereocenters. The van der Waals surface area contributed by atoms with Crippen molar-refractivity contribution >= 4 is 23.3 Å². The fourth-order valence-electron chi connectivity index (χ4n) is 2.27. The zero-order valence-electron chi connectivity index (χ0n) is 12.0. The average molecular weight is 313 g/mol. The number of hydrogen-bond acceptors (Lipinski definition) is 5. The summed E-state index contributed by atoms with van der Waals surface area (Å²) in [7, 11) is 0. The molecule has 2 aromatic rings. The Kier molecular flexibility index (Phi) is 4.53. The maximum absolute atomic E-state index is 12.2. The molecule has 4 nitrogen and oxygen atoms in total. The normalized spacial score (nSPS) is 13.1. The molecule has 1 aromatic carbocycles. The third kappa shape index (κ3) is 3.36. The summed E-state index contributed by atoms with van der Waals surface area (Å²) in [5.74, 6) is 1.62. The zero-order chi connectivity index (χ0) is 15.4. The van der Waals surface area contributed by atoms with Crippen LogP contribution >= 0.6 is 11.8 Å². The Bertz CT molecular complexity index is 700. The van der Waals surface area contributed by atoms with Crippen LogP contribution in [-0.2, 0) is 0 Å². The van der Waals surface area contributed by atoms with Gasteiger partial charge in [0.1, 0.15) is 5.75 Å². The van der Waals surface area contributed by atoms with Crippen molar-refractivity contribution in [1.29, 1.82) is 0 Å². The molecule has 1 aliphatic rings. The van der Waals surface area contributed by atoms with Crippen molar-refractivity contribution in [3.63, 3.8) is 0 Å². The van der Waals surface area contributed by atoms with Gasteiger partial charge >= 0.3 is 0 Å². The number of fused-ring (bicyclic) bond motifs is 1. The van der Waals surface area contributed by atoms with Crippen molar-refractivity contribution in [3.8, 4) is 5.75 Å². The molecule has 0 saturated carbocycles. The summed E-state index contributed by atoms with van der Waals surface area (Å²) in [4.78, 5) is 29.2. The number of pyridine rings is 1.